The first-order valence-corrected chi connectivity index (χ1v) is 10.6. The Morgan fingerprint density at radius 3 is 2.55 bits per heavy atom. The van der Waals surface area contributed by atoms with Crippen LogP contribution in [0.15, 0.2) is 60.7 Å². The van der Waals surface area contributed by atoms with Crippen molar-refractivity contribution in [1.29, 1.82) is 5.26 Å². The molecule has 8 heteroatoms. The number of carbonyl (C=O) groups excluding carboxylic acids is 1. The summed E-state index contributed by atoms with van der Waals surface area (Å²) in [6.45, 7) is 2.38. The van der Waals surface area contributed by atoms with E-state index in [2.05, 4.69) is 16.0 Å². The topological polar surface area (TPSA) is 111 Å². The zero-order chi connectivity index (χ0) is 23.0. The van der Waals surface area contributed by atoms with Gasteiger partial charge in [0, 0.05) is 18.7 Å². The van der Waals surface area contributed by atoms with Gasteiger partial charge in [-0.25, -0.2) is 4.98 Å². The number of amides is 1. The highest BCUT2D eigenvalue weighted by atomic mass is 16.5. The van der Waals surface area contributed by atoms with Crippen LogP contribution in [0.1, 0.15) is 11.1 Å². The summed E-state index contributed by atoms with van der Waals surface area (Å²) in [5, 5.41) is 9.85. The molecule has 1 aromatic heterocycles. The maximum Gasteiger partial charge on any atom is 0.255 e. The summed E-state index contributed by atoms with van der Waals surface area (Å²) in [6, 6.07) is 21.4. The van der Waals surface area contributed by atoms with E-state index in [4.69, 9.17) is 19.9 Å². The third kappa shape index (κ3) is 5.40. The summed E-state index contributed by atoms with van der Waals surface area (Å²) in [7, 11) is 0. The fraction of sp³-hybridized carbons (Fsp3) is 0.240. The summed E-state index contributed by atoms with van der Waals surface area (Å²) < 4.78 is 17.1. The molecule has 168 valence electrons. The Labute approximate surface area is 192 Å². The Kier molecular flexibility index (Phi) is 7.03. The minimum absolute atomic E-state index is 0.0631. The first kappa shape index (κ1) is 22.1. The summed E-state index contributed by atoms with van der Waals surface area (Å²) >= 11 is 0. The van der Waals surface area contributed by atoms with E-state index in [-0.39, 0.29) is 18.1 Å². The lowest BCUT2D eigenvalue weighted by Crippen LogP contribution is -2.36. The molecule has 33 heavy (non-hydrogen) atoms. The van der Waals surface area contributed by atoms with Crippen LogP contribution in [0.2, 0.25) is 0 Å². The SMILES string of the molecule is N#Cc1c(N2CCOCC2)cc(-c2ccccc2OCc2ccccc2)nc1OCC(N)=O. The number of primary amides is 1. The summed E-state index contributed by atoms with van der Waals surface area (Å²) in [6.07, 6.45) is 0. The first-order valence-electron chi connectivity index (χ1n) is 10.6. The number of benzene rings is 2. The van der Waals surface area contributed by atoms with E-state index in [9.17, 15) is 10.1 Å². The van der Waals surface area contributed by atoms with Crippen molar-refractivity contribution in [3.8, 4) is 29.0 Å². The highest BCUT2D eigenvalue weighted by Gasteiger charge is 2.22. The monoisotopic (exact) mass is 444 g/mol. The number of nitriles is 1. The molecule has 0 atom stereocenters. The highest BCUT2D eigenvalue weighted by molar-refractivity contribution is 5.77. The molecule has 1 aliphatic rings. The molecule has 2 N–H and O–H groups in total. The van der Waals surface area contributed by atoms with Crippen LogP contribution in [0.5, 0.6) is 11.6 Å². The van der Waals surface area contributed by atoms with Gasteiger partial charge >= 0.3 is 0 Å². The van der Waals surface area contributed by atoms with Crippen molar-refractivity contribution < 1.29 is 19.0 Å². The van der Waals surface area contributed by atoms with Gasteiger partial charge < -0.3 is 24.8 Å². The van der Waals surface area contributed by atoms with Crippen molar-refractivity contribution in [3.05, 3.63) is 71.8 Å². The molecule has 1 saturated heterocycles. The molecule has 0 radical (unpaired) electrons. The van der Waals surface area contributed by atoms with Gasteiger partial charge in [0.15, 0.2) is 6.61 Å². The number of pyridine rings is 1. The van der Waals surface area contributed by atoms with Crippen LogP contribution in [-0.2, 0) is 16.1 Å². The second-order valence-corrected chi connectivity index (χ2v) is 7.44. The minimum atomic E-state index is -0.648. The number of anilines is 1. The van der Waals surface area contributed by atoms with Gasteiger partial charge in [0.05, 0.1) is 24.6 Å². The fourth-order valence-corrected chi connectivity index (χ4v) is 3.59. The van der Waals surface area contributed by atoms with Gasteiger partial charge in [-0.1, -0.05) is 42.5 Å². The molecule has 2 aromatic carbocycles. The second kappa shape index (κ2) is 10.5. The number of morpholine rings is 1. The Bertz CT molecular complexity index is 1150. The number of aromatic nitrogens is 1. The second-order valence-electron chi connectivity index (χ2n) is 7.44. The number of rotatable bonds is 8. The summed E-state index contributed by atoms with van der Waals surface area (Å²) in [4.78, 5) is 17.9. The van der Waals surface area contributed by atoms with Crippen molar-refractivity contribution in [1.82, 2.24) is 4.98 Å². The molecule has 8 nitrogen and oxygen atoms in total. The summed E-state index contributed by atoms with van der Waals surface area (Å²) in [5.74, 6) is 0.0612. The number of para-hydroxylation sites is 1. The van der Waals surface area contributed by atoms with E-state index < -0.39 is 5.91 Å². The van der Waals surface area contributed by atoms with Gasteiger partial charge in [-0.2, -0.15) is 5.26 Å². The molecular formula is C25H24N4O4. The van der Waals surface area contributed by atoms with E-state index in [0.717, 1.165) is 11.1 Å². The predicted octanol–water partition coefficient (Wildman–Crippen LogP) is 2.90. The van der Waals surface area contributed by atoms with Crippen molar-refractivity contribution in [2.45, 2.75) is 6.61 Å². The van der Waals surface area contributed by atoms with E-state index in [1.54, 1.807) is 0 Å². The van der Waals surface area contributed by atoms with Gasteiger partial charge in [-0.3, -0.25) is 4.79 Å². The fourth-order valence-electron chi connectivity index (χ4n) is 3.59. The molecule has 1 amide bonds. The lowest BCUT2D eigenvalue weighted by molar-refractivity contribution is -0.120. The lowest BCUT2D eigenvalue weighted by Gasteiger charge is -2.30. The largest absolute Gasteiger partial charge is 0.488 e. The van der Waals surface area contributed by atoms with Gasteiger partial charge in [-0.15, -0.1) is 0 Å². The van der Waals surface area contributed by atoms with Gasteiger partial charge in [-0.05, 0) is 23.8 Å². The van der Waals surface area contributed by atoms with E-state index >= 15 is 0 Å². The van der Waals surface area contributed by atoms with Crippen molar-refractivity contribution in [2.75, 3.05) is 37.8 Å². The standard InChI is InChI=1S/C25H24N4O4/c26-15-20-22(29-10-12-31-13-11-29)14-21(28-25(20)33-17-24(27)30)19-8-4-5-9-23(19)32-16-18-6-2-1-3-7-18/h1-9,14H,10-13,16-17H2,(H2,27,30). The number of nitrogens with two attached hydrogens (primary N) is 1. The summed E-state index contributed by atoms with van der Waals surface area (Å²) in [5.41, 5.74) is 8.54. The molecule has 3 aromatic rings. The van der Waals surface area contributed by atoms with Crippen molar-refractivity contribution in [3.63, 3.8) is 0 Å². The van der Waals surface area contributed by atoms with Gasteiger partial charge in [0.1, 0.15) is 24.0 Å². The van der Waals surface area contributed by atoms with Crippen LogP contribution in [0.3, 0.4) is 0 Å². The number of hydrogen-bond donors (Lipinski definition) is 1. The van der Waals surface area contributed by atoms with Crippen molar-refractivity contribution in [2.24, 2.45) is 5.73 Å². The third-order valence-corrected chi connectivity index (χ3v) is 5.18. The molecule has 4 rings (SSSR count). The molecule has 0 spiro atoms. The van der Waals surface area contributed by atoms with Crippen LogP contribution in [0.25, 0.3) is 11.3 Å². The first-order chi connectivity index (χ1) is 16.2. The highest BCUT2D eigenvalue weighted by Crippen LogP contribution is 2.36. The molecule has 1 fully saturated rings. The quantitative estimate of drug-likeness (QED) is 0.569. The number of carbonyl (C=O) groups is 1. The van der Waals surface area contributed by atoms with Gasteiger partial charge in [0.25, 0.3) is 5.91 Å². The average molecular weight is 444 g/mol. The number of hydrogen-bond acceptors (Lipinski definition) is 7. The molecule has 2 heterocycles. The number of nitrogens with zero attached hydrogens (tertiary/aromatic N) is 3. The van der Waals surface area contributed by atoms with Crippen LogP contribution in [0, 0.1) is 11.3 Å². The Morgan fingerprint density at radius 1 is 1.09 bits per heavy atom. The smallest absolute Gasteiger partial charge is 0.255 e. The van der Waals surface area contributed by atoms with Crippen LogP contribution in [-0.4, -0.2) is 43.8 Å². The minimum Gasteiger partial charge on any atom is -0.488 e. The predicted molar refractivity (Wildman–Crippen MR) is 123 cm³/mol. The third-order valence-electron chi connectivity index (χ3n) is 5.18. The normalized spacial score (nSPS) is 13.2. The molecule has 1 aliphatic heterocycles. The number of ether oxygens (including phenoxy) is 3. The Hall–Kier alpha value is -4.09. The van der Waals surface area contributed by atoms with E-state index in [1.165, 1.54) is 0 Å². The Morgan fingerprint density at radius 2 is 1.82 bits per heavy atom. The maximum absolute atomic E-state index is 11.3. The van der Waals surface area contributed by atoms with E-state index in [0.29, 0.717) is 50.0 Å². The molecular weight excluding hydrogens is 420 g/mol. The zero-order valence-corrected chi connectivity index (χ0v) is 18.1. The van der Waals surface area contributed by atoms with Crippen molar-refractivity contribution >= 4 is 11.6 Å². The van der Waals surface area contributed by atoms with Crippen LogP contribution in [0.4, 0.5) is 5.69 Å². The molecule has 0 unspecified atom stereocenters. The Balaban J connectivity index is 1.74. The average Bonchev–Trinajstić information content (AvgIpc) is 2.87. The van der Waals surface area contributed by atoms with Gasteiger partial charge in [0.2, 0.25) is 5.88 Å². The molecule has 0 aliphatic carbocycles. The van der Waals surface area contributed by atoms with Crippen LogP contribution >= 0.6 is 0 Å². The van der Waals surface area contributed by atoms with E-state index in [1.807, 2.05) is 60.7 Å². The zero-order valence-electron chi connectivity index (χ0n) is 18.1. The maximum atomic E-state index is 11.3. The molecule has 0 bridgehead atoms. The van der Waals surface area contributed by atoms with Crippen LogP contribution < -0.4 is 20.1 Å². The molecule has 0 saturated carbocycles. The lowest BCUT2D eigenvalue weighted by atomic mass is 10.1.